The third-order valence-corrected chi connectivity index (χ3v) is 3.06. The van der Waals surface area contributed by atoms with Crippen molar-refractivity contribution in [3.8, 4) is 0 Å². The molecule has 2 rings (SSSR count). The van der Waals surface area contributed by atoms with Crippen molar-refractivity contribution in [1.82, 2.24) is 29.9 Å². The van der Waals surface area contributed by atoms with Crippen LogP contribution in [0.25, 0.3) is 0 Å². The first kappa shape index (κ1) is 12.6. The maximum atomic E-state index is 11.6. The molecule has 2 aromatic rings. The van der Waals surface area contributed by atoms with E-state index in [2.05, 4.69) is 30.7 Å². The zero-order valence-corrected chi connectivity index (χ0v) is 10.8. The monoisotopic (exact) mass is 267 g/mol. The number of amides is 1. The summed E-state index contributed by atoms with van der Waals surface area (Å²) in [6.45, 7) is 4.06. The predicted octanol–water partition coefficient (Wildman–Crippen LogP) is 0.708. The highest BCUT2D eigenvalue weighted by Gasteiger charge is 2.11. The molecule has 8 nitrogen and oxygen atoms in total. The predicted molar refractivity (Wildman–Crippen MR) is 66.1 cm³/mol. The summed E-state index contributed by atoms with van der Waals surface area (Å²) in [6.07, 6.45) is 2.99. The lowest BCUT2D eigenvalue weighted by molar-refractivity contribution is -0.113. The van der Waals surface area contributed by atoms with E-state index in [4.69, 9.17) is 0 Å². The van der Waals surface area contributed by atoms with Crippen LogP contribution in [0.4, 0.5) is 5.95 Å². The second kappa shape index (κ2) is 5.63. The van der Waals surface area contributed by atoms with Crippen LogP contribution in [0.1, 0.15) is 19.9 Å². The molecule has 0 aliphatic rings. The van der Waals surface area contributed by atoms with Crippen molar-refractivity contribution in [2.75, 3.05) is 11.1 Å². The van der Waals surface area contributed by atoms with Crippen molar-refractivity contribution in [3.05, 3.63) is 12.7 Å². The van der Waals surface area contributed by atoms with E-state index in [1.54, 1.807) is 6.33 Å². The Labute approximate surface area is 108 Å². The summed E-state index contributed by atoms with van der Waals surface area (Å²) in [5.74, 6) is 0.410. The Morgan fingerprint density at radius 2 is 2.44 bits per heavy atom. The average Bonchev–Trinajstić information content (AvgIpc) is 2.96. The van der Waals surface area contributed by atoms with Crippen molar-refractivity contribution in [3.63, 3.8) is 0 Å². The van der Waals surface area contributed by atoms with Gasteiger partial charge in [0.2, 0.25) is 11.9 Å². The number of carbonyl (C=O) groups is 1. The minimum Gasteiger partial charge on any atom is -0.306 e. The van der Waals surface area contributed by atoms with E-state index >= 15 is 0 Å². The van der Waals surface area contributed by atoms with Crippen LogP contribution in [0.2, 0.25) is 0 Å². The fraction of sp³-hybridized carbons (Fsp3) is 0.444. The fourth-order valence-corrected chi connectivity index (χ4v) is 2.10. The van der Waals surface area contributed by atoms with Crippen molar-refractivity contribution < 1.29 is 4.79 Å². The van der Waals surface area contributed by atoms with Gasteiger partial charge in [-0.3, -0.25) is 10.1 Å². The second-order valence-electron chi connectivity index (χ2n) is 3.79. The summed E-state index contributed by atoms with van der Waals surface area (Å²) in [6, 6.07) is 0.264. The molecule has 0 radical (unpaired) electrons. The van der Waals surface area contributed by atoms with Crippen LogP contribution in [-0.2, 0) is 4.79 Å². The van der Waals surface area contributed by atoms with Gasteiger partial charge < -0.3 is 4.57 Å². The summed E-state index contributed by atoms with van der Waals surface area (Å²) in [7, 11) is 0. The highest BCUT2D eigenvalue weighted by atomic mass is 32.2. The van der Waals surface area contributed by atoms with Gasteiger partial charge in [0, 0.05) is 6.04 Å². The number of nitrogens with zero attached hydrogens (tertiary/aromatic N) is 5. The highest BCUT2D eigenvalue weighted by molar-refractivity contribution is 7.99. The minimum absolute atomic E-state index is 0.171. The molecule has 0 spiro atoms. The Morgan fingerprint density at radius 1 is 1.61 bits per heavy atom. The third-order valence-electron chi connectivity index (χ3n) is 2.10. The minimum atomic E-state index is -0.171. The quantitative estimate of drug-likeness (QED) is 0.773. The molecule has 0 saturated carbocycles. The molecule has 18 heavy (non-hydrogen) atoms. The Balaban J connectivity index is 1.87. The van der Waals surface area contributed by atoms with Crippen LogP contribution in [0, 0.1) is 0 Å². The Morgan fingerprint density at radius 3 is 3.11 bits per heavy atom. The van der Waals surface area contributed by atoms with Crippen LogP contribution in [0.5, 0.6) is 0 Å². The van der Waals surface area contributed by atoms with Crippen LogP contribution >= 0.6 is 11.8 Å². The molecule has 0 fully saturated rings. The number of carbonyl (C=O) groups excluding carboxylic acids is 1. The second-order valence-corrected chi connectivity index (χ2v) is 4.73. The van der Waals surface area contributed by atoms with E-state index in [0.717, 1.165) is 5.16 Å². The van der Waals surface area contributed by atoms with E-state index in [-0.39, 0.29) is 17.7 Å². The maximum Gasteiger partial charge on any atom is 0.237 e. The van der Waals surface area contributed by atoms with Crippen molar-refractivity contribution in [2.45, 2.75) is 25.0 Å². The third kappa shape index (κ3) is 3.06. The highest BCUT2D eigenvalue weighted by Crippen LogP contribution is 2.18. The van der Waals surface area contributed by atoms with E-state index in [9.17, 15) is 4.79 Å². The zero-order chi connectivity index (χ0) is 13.0. The number of thioether (sulfide) groups is 1. The number of nitrogens with one attached hydrogen (secondary N) is 2. The van der Waals surface area contributed by atoms with Gasteiger partial charge in [0.15, 0.2) is 5.16 Å². The number of hydrogen-bond donors (Lipinski definition) is 2. The number of rotatable bonds is 5. The van der Waals surface area contributed by atoms with Crippen LogP contribution in [-0.4, -0.2) is 41.6 Å². The van der Waals surface area contributed by atoms with Crippen molar-refractivity contribution >= 4 is 23.6 Å². The molecule has 0 saturated heterocycles. The molecule has 96 valence electrons. The summed E-state index contributed by atoms with van der Waals surface area (Å²) in [5.41, 5.74) is 0. The number of aromatic nitrogens is 6. The smallest absolute Gasteiger partial charge is 0.237 e. The normalized spacial score (nSPS) is 10.8. The van der Waals surface area contributed by atoms with Gasteiger partial charge >= 0.3 is 0 Å². The van der Waals surface area contributed by atoms with E-state index < -0.39 is 0 Å². The summed E-state index contributed by atoms with van der Waals surface area (Å²) in [4.78, 5) is 15.4. The lowest BCUT2D eigenvalue weighted by Gasteiger charge is -2.08. The molecule has 0 bridgehead atoms. The van der Waals surface area contributed by atoms with Gasteiger partial charge in [0.25, 0.3) is 0 Å². The average molecular weight is 267 g/mol. The van der Waals surface area contributed by atoms with Crippen LogP contribution < -0.4 is 5.32 Å². The first-order valence-electron chi connectivity index (χ1n) is 5.34. The van der Waals surface area contributed by atoms with Gasteiger partial charge in [0.1, 0.15) is 12.7 Å². The molecular formula is C9H13N7OS. The van der Waals surface area contributed by atoms with Crippen molar-refractivity contribution in [2.24, 2.45) is 0 Å². The lowest BCUT2D eigenvalue weighted by atomic mass is 10.4. The molecule has 0 atom stereocenters. The standard InChI is InChI=1S/C9H13N7OS/c1-6(2)16-5-12-15-9(16)18-3-7(17)13-8-10-4-11-14-8/h4-6H,3H2,1-2H3,(H2,10,11,13,14,17). The van der Waals surface area contributed by atoms with Crippen LogP contribution in [0.3, 0.4) is 0 Å². The molecule has 1 amide bonds. The first-order valence-corrected chi connectivity index (χ1v) is 6.33. The molecule has 2 heterocycles. The molecule has 9 heteroatoms. The van der Waals surface area contributed by atoms with Gasteiger partial charge in [-0.25, -0.2) is 5.10 Å². The van der Waals surface area contributed by atoms with Gasteiger partial charge in [-0.1, -0.05) is 11.8 Å². The molecule has 0 aliphatic heterocycles. The molecular weight excluding hydrogens is 254 g/mol. The molecule has 2 aromatic heterocycles. The first-order chi connectivity index (χ1) is 8.66. The SMILES string of the molecule is CC(C)n1cnnc1SCC(=O)Nc1ncn[nH]1. The van der Waals surface area contributed by atoms with Gasteiger partial charge in [-0.05, 0) is 13.8 Å². The summed E-state index contributed by atoms with van der Waals surface area (Å²) in [5, 5.41) is 17.3. The van der Waals surface area contributed by atoms with E-state index in [0.29, 0.717) is 5.95 Å². The van der Waals surface area contributed by atoms with Gasteiger partial charge in [-0.15, -0.1) is 10.2 Å². The number of anilines is 1. The Hall–Kier alpha value is -1.90. The zero-order valence-electron chi connectivity index (χ0n) is 9.99. The lowest BCUT2D eigenvalue weighted by Crippen LogP contribution is -2.15. The molecule has 0 aliphatic carbocycles. The summed E-state index contributed by atoms with van der Waals surface area (Å²) < 4.78 is 1.91. The van der Waals surface area contributed by atoms with E-state index in [1.807, 2.05) is 18.4 Å². The number of H-pyrrole nitrogens is 1. The number of aromatic amines is 1. The largest absolute Gasteiger partial charge is 0.306 e. The fourth-order valence-electron chi connectivity index (χ4n) is 1.25. The Bertz CT molecular complexity index is 507. The van der Waals surface area contributed by atoms with Gasteiger partial charge in [-0.2, -0.15) is 10.1 Å². The topological polar surface area (TPSA) is 101 Å². The summed E-state index contributed by atoms with van der Waals surface area (Å²) >= 11 is 1.33. The Kier molecular flexibility index (Phi) is 3.92. The number of hydrogen-bond acceptors (Lipinski definition) is 6. The molecule has 0 aromatic carbocycles. The maximum absolute atomic E-state index is 11.6. The van der Waals surface area contributed by atoms with E-state index in [1.165, 1.54) is 18.1 Å². The molecule has 2 N–H and O–H groups in total. The van der Waals surface area contributed by atoms with Gasteiger partial charge in [0.05, 0.1) is 5.75 Å². The van der Waals surface area contributed by atoms with Crippen LogP contribution in [0.15, 0.2) is 17.8 Å². The van der Waals surface area contributed by atoms with Crippen molar-refractivity contribution in [1.29, 1.82) is 0 Å². The molecule has 0 unspecified atom stereocenters.